The highest BCUT2D eigenvalue weighted by Crippen LogP contribution is 2.14. The quantitative estimate of drug-likeness (QED) is 0.676. The van der Waals surface area contributed by atoms with Crippen molar-refractivity contribution in [3.05, 3.63) is 11.8 Å². The number of rotatable bonds is 7. The van der Waals surface area contributed by atoms with E-state index in [1.54, 1.807) is 0 Å². The lowest BCUT2D eigenvalue weighted by Crippen LogP contribution is -2.33. The molecule has 1 unspecified atom stereocenters. The molecule has 8 heteroatoms. The molecule has 1 fully saturated rings. The summed E-state index contributed by atoms with van der Waals surface area (Å²) >= 11 is 0. The lowest BCUT2D eigenvalue weighted by Gasteiger charge is -2.12. The largest absolute Gasteiger partial charge is 0.377 e. The first kappa shape index (κ1) is 15.4. The van der Waals surface area contributed by atoms with Crippen LogP contribution in [0.25, 0.3) is 0 Å². The topological polar surface area (TPSA) is 96.1 Å². The van der Waals surface area contributed by atoms with E-state index in [0.717, 1.165) is 12.8 Å². The van der Waals surface area contributed by atoms with E-state index in [1.807, 2.05) is 13.8 Å². The van der Waals surface area contributed by atoms with Crippen LogP contribution in [0, 0.1) is 0 Å². The molecule has 0 aliphatic carbocycles. The van der Waals surface area contributed by atoms with Crippen molar-refractivity contribution in [1.29, 1.82) is 0 Å². The summed E-state index contributed by atoms with van der Waals surface area (Å²) in [4.78, 5) is 0. The normalized spacial score (nSPS) is 19.9. The number of nitrogens with one attached hydrogen (secondary N) is 3. The number of nitrogens with zero attached hydrogens (tertiary/aromatic N) is 1. The molecule has 114 valence electrons. The SMILES string of the molecule is CC(C)NCc1cn[nH]c1S(=O)(=O)NCC1CCCO1. The Morgan fingerprint density at radius 3 is 3.00 bits per heavy atom. The summed E-state index contributed by atoms with van der Waals surface area (Å²) in [6.45, 7) is 5.48. The molecule has 1 atom stereocenters. The first-order valence-corrected chi connectivity index (χ1v) is 8.34. The Morgan fingerprint density at radius 2 is 2.35 bits per heavy atom. The van der Waals surface area contributed by atoms with Crippen LogP contribution in [0.1, 0.15) is 32.3 Å². The molecule has 0 aromatic carbocycles. The standard InChI is InChI=1S/C12H22N4O3S/c1-9(2)13-6-10-7-14-16-12(10)20(17,18)15-8-11-4-3-5-19-11/h7,9,11,13,15H,3-6,8H2,1-2H3,(H,14,16). The van der Waals surface area contributed by atoms with E-state index >= 15 is 0 Å². The third-order valence-electron chi connectivity index (χ3n) is 3.17. The fraction of sp³-hybridized carbons (Fsp3) is 0.750. The maximum absolute atomic E-state index is 12.2. The lowest BCUT2D eigenvalue weighted by molar-refractivity contribution is 0.114. The van der Waals surface area contributed by atoms with Crippen LogP contribution >= 0.6 is 0 Å². The molecular weight excluding hydrogens is 280 g/mol. The van der Waals surface area contributed by atoms with Gasteiger partial charge in [-0.25, -0.2) is 13.1 Å². The Morgan fingerprint density at radius 1 is 1.55 bits per heavy atom. The summed E-state index contributed by atoms with van der Waals surface area (Å²) in [5, 5.41) is 9.70. The molecule has 1 aromatic heterocycles. The van der Waals surface area contributed by atoms with E-state index in [4.69, 9.17) is 4.74 Å². The highest BCUT2D eigenvalue weighted by atomic mass is 32.2. The molecule has 1 saturated heterocycles. The second-order valence-corrected chi connectivity index (χ2v) is 6.95. The number of H-pyrrole nitrogens is 1. The summed E-state index contributed by atoms with van der Waals surface area (Å²) in [7, 11) is -3.57. The fourth-order valence-corrected chi connectivity index (χ4v) is 3.24. The lowest BCUT2D eigenvalue weighted by atomic mass is 10.2. The third-order valence-corrected chi connectivity index (χ3v) is 4.61. The predicted octanol–water partition coefficient (Wildman–Crippen LogP) is 0.365. The van der Waals surface area contributed by atoms with Crippen LogP contribution in [-0.4, -0.2) is 43.9 Å². The van der Waals surface area contributed by atoms with Crippen LogP contribution in [0.4, 0.5) is 0 Å². The molecular formula is C12H22N4O3S. The molecule has 0 bridgehead atoms. The second-order valence-electron chi connectivity index (χ2n) is 5.25. The number of hydrogen-bond donors (Lipinski definition) is 3. The molecule has 0 saturated carbocycles. The van der Waals surface area contributed by atoms with Crippen molar-refractivity contribution in [2.75, 3.05) is 13.2 Å². The number of hydrogen-bond acceptors (Lipinski definition) is 5. The summed E-state index contributed by atoms with van der Waals surface area (Å²) < 4.78 is 32.5. The van der Waals surface area contributed by atoms with Crippen molar-refractivity contribution in [3.63, 3.8) is 0 Å². The van der Waals surface area contributed by atoms with Crippen LogP contribution in [0.2, 0.25) is 0 Å². The van der Waals surface area contributed by atoms with E-state index in [9.17, 15) is 8.42 Å². The zero-order chi connectivity index (χ0) is 14.6. The molecule has 0 radical (unpaired) electrons. The average Bonchev–Trinajstić information content (AvgIpc) is 3.05. The van der Waals surface area contributed by atoms with Gasteiger partial charge in [0.2, 0.25) is 0 Å². The van der Waals surface area contributed by atoms with Crippen molar-refractivity contribution in [2.45, 2.75) is 50.4 Å². The number of aromatic amines is 1. The molecule has 20 heavy (non-hydrogen) atoms. The molecule has 1 aliphatic heterocycles. The van der Waals surface area contributed by atoms with Crippen LogP contribution in [0.5, 0.6) is 0 Å². The van der Waals surface area contributed by atoms with Crippen LogP contribution in [0.3, 0.4) is 0 Å². The van der Waals surface area contributed by atoms with Gasteiger partial charge < -0.3 is 10.1 Å². The molecule has 0 amide bonds. The van der Waals surface area contributed by atoms with Gasteiger partial charge in [-0.3, -0.25) is 5.10 Å². The van der Waals surface area contributed by atoms with Crippen molar-refractivity contribution >= 4 is 10.0 Å². The smallest absolute Gasteiger partial charge is 0.257 e. The maximum atomic E-state index is 12.2. The third kappa shape index (κ3) is 4.02. The van der Waals surface area contributed by atoms with Crippen molar-refractivity contribution < 1.29 is 13.2 Å². The van der Waals surface area contributed by atoms with Gasteiger partial charge >= 0.3 is 0 Å². The van der Waals surface area contributed by atoms with Crippen LogP contribution < -0.4 is 10.0 Å². The van der Waals surface area contributed by atoms with Gasteiger partial charge in [-0.05, 0) is 12.8 Å². The first-order chi connectivity index (χ1) is 9.49. The highest BCUT2D eigenvalue weighted by molar-refractivity contribution is 7.89. The van der Waals surface area contributed by atoms with Gasteiger partial charge in [0, 0.05) is 31.3 Å². The van der Waals surface area contributed by atoms with Gasteiger partial charge in [-0.1, -0.05) is 13.8 Å². The van der Waals surface area contributed by atoms with Gasteiger partial charge in [-0.2, -0.15) is 5.10 Å². The Balaban J connectivity index is 1.99. The van der Waals surface area contributed by atoms with Crippen LogP contribution in [-0.2, 0) is 21.3 Å². The maximum Gasteiger partial charge on any atom is 0.257 e. The predicted molar refractivity (Wildman–Crippen MR) is 74.7 cm³/mol. The van der Waals surface area contributed by atoms with Crippen molar-refractivity contribution in [2.24, 2.45) is 0 Å². The first-order valence-electron chi connectivity index (χ1n) is 6.86. The van der Waals surface area contributed by atoms with Gasteiger partial charge in [-0.15, -0.1) is 0 Å². The van der Waals surface area contributed by atoms with E-state index in [-0.39, 0.29) is 17.2 Å². The van der Waals surface area contributed by atoms with E-state index in [0.29, 0.717) is 25.3 Å². The number of aromatic nitrogens is 2. The highest BCUT2D eigenvalue weighted by Gasteiger charge is 2.23. The Bertz CT molecular complexity index is 521. The summed E-state index contributed by atoms with van der Waals surface area (Å²) in [6, 6.07) is 0.278. The van der Waals surface area contributed by atoms with Gasteiger partial charge in [0.15, 0.2) is 5.03 Å². The average molecular weight is 302 g/mol. The van der Waals surface area contributed by atoms with Crippen molar-refractivity contribution in [1.82, 2.24) is 20.2 Å². The Labute approximate surface area is 119 Å². The molecule has 2 rings (SSSR count). The van der Waals surface area contributed by atoms with Gasteiger partial charge in [0.1, 0.15) is 0 Å². The van der Waals surface area contributed by atoms with Gasteiger partial charge in [0.25, 0.3) is 10.0 Å². The number of ether oxygens (including phenoxy) is 1. The van der Waals surface area contributed by atoms with E-state index < -0.39 is 10.0 Å². The number of sulfonamides is 1. The molecule has 2 heterocycles. The van der Waals surface area contributed by atoms with Crippen LogP contribution in [0.15, 0.2) is 11.2 Å². The molecule has 1 aliphatic rings. The monoisotopic (exact) mass is 302 g/mol. The fourth-order valence-electron chi connectivity index (χ4n) is 2.05. The molecule has 0 spiro atoms. The zero-order valence-electron chi connectivity index (χ0n) is 11.8. The molecule has 7 nitrogen and oxygen atoms in total. The van der Waals surface area contributed by atoms with E-state index in [2.05, 4.69) is 20.2 Å². The summed E-state index contributed by atoms with van der Waals surface area (Å²) in [5.41, 5.74) is 0.638. The minimum atomic E-state index is -3.57. The summed E-state index contributed by atoms with van der Waals surface area (Å²) in [5.74, 6) is 0. The van der Waals surface area contributed by atoms with Crippen molar-refractivity contribution in [3.8, 4) is 0 Å². The minimum Gasteiger partial charge on any atom is -0.377 e. The Kier molecular flexibility index (Phi) is 5.14. The van der Waals surface area contributed by atoms with E-state index in [1.165, 1.54) is 6.20 Å². The molecule has 1 aromatic rings. The molecule has 3 N–H and O–H groups in total. The van der Waals surface area contributed by atoms with Gasteiger partial charge in [0.05, 0.1) is 12.3 Å². The second kappa shape index (κ2) is 6.66. The Hall–Kier alpha value is -0.960. The summed E-state index contributed by atoms with van der Waals surface area (Å²) in [6.07, 6.45) is 3.40. The zero-order valence-corrected chi connectivity index (χ0v) is 12.7. The minimum absolute atomic E-state index is 0.0232.